The first-order valence-corrected chi connectivity index (χ1v) is 10.5. The van der Waals surface area contributed by atoms with Gasteiger partial charge >= 0.3 is 0 Å². The molecule has 2 fully saturated rings. The average Bonchev–Trinajstić information content (AvgIpc) is 2.91. The van der Waals surface area contributed by atoms with Crippen LogP contribution in [0.4, 0.5) is 0 Å². The van der Waals surface area contributed by atoms with Gasteiger partial charge in [-0.2, -0.15) is 0 Å². The number of rotatable bonds is 5. The second-order valence-corrected chi connectivity index (χ2v) is 8.73. The maximum atomic E-state index is 12.7. The van der Waals surface area contributed by atoms with Crippen LogP contribution in [-0.2, 0) is 9.59 Å². The summed E-state index contributed by atoms with van der Waals surface area (Å²) in [5.41, 5.74) is 0.796. The van der Waals surface area contributed by atoms with Crippen molar-refractivity contribution >= 4 is 57.8 Å². The van der Waals surface area contributed by atoms with Crippen molar-refractivity contribution in [1.82, 2.24) is 14.7 Å². The Hall–Kier alpha value is -1.41. The van der Waals surface area contributed by atoms with Gasteiger partial charge in [-0.05, 0) is 31.2 Å². The molecule has 0 bridgehead atoms. The monoisotopic (exact) mass is 423 g/mol. The van der Waals surface area contributed by atoms with Gasteiger partial charge in [-0.3, -0.25) is 14.5 Å². The summed E-state index contributed by atoms with van der Waals surface area (Å²) in [4.78, 5) is 31.2. The topological polar surface area (TPSA) is 43.9 Å². The summed E-state index contributed by atoms with van der Waals surface area (Å²) in [5.74, 6) is 0.0390. The van der Waals surface area contributed by atoms with Crippen molar-refractivity contribution in [3.63, 3.8) is 0 Å². The van der Waals surface area contributed by atoms with E-state index in [2.05, 4.69) is 11.9 Å². The molecule has 2 amide bonds. The normalized spacial score (nSPS) is 20.0. The quantitative estimate of drug-likeness (QED) is 0.537. The average molecular weight is 424 g/mol. The van der Waals surface area contributed by atoms with Crippen LogP contribution in [0.5, 0.6) is 0 Å². The maximum Gasteiger partial charge on any atom is 0.266 e. The highest BCUT2D eigenvalue weighted by Gasteiger charge is 2.32. The molecular weight excluding hydrogens is 402 g/mol. The number of carbonyl (C=O) groups excluding carboxylic acids is 2. The summed E-state index contributed by atoms with van der Waals surface area (Å²) >= 11 is 12.8. The van der Waals surface area contributed by atoms with E-state index in [1.54, 1.807) is 17.0 Å². The van der Waals surface area contributed by atoms with Crippen molar-refractivity contribution in [1.29, 1.82) is 0 Å². The lowest BCUT2D eigenvalue weighted by Gasteiger charge is -2.32. The predicted octanol–water partition coefficient (Wildman–Crippen LogP) is 3.10. The maximum absolute atomic E-state index is 12.7. The van der Waals surface area contributed by atoms with Gasteiger partial charge < -0.3 is 9.80 Å². The SMILES string of the molecule is CN1CCN(C(=O)CCCN2C(=O)/C(=C/c3ccccc3Cl)SC2=S)CC1. The molecule has 1 aromatic carbocycles. The summed E-state index contributed by atoms with van der Waals surface area (Å²) in [6.45, 7) is 3.83. The van der Waals surface area contributed by atoms with Crippen LogP contribution in [0.2, 0.25) is 5.02 Å². The van der Waals surface area contributed by atoms with E-state index in [0.29, 0.717) is 33.6 Å². The largest absolute Gasteiger partial charge is 0.340 e. The Bertz CT molecular complexity index is 776. The second-order valence-electron chi connectivity index (χ2n) is 6.64. The van der Waals surface area contributed by atoms with Gasteiger partial charge in [0.05, 0.1) is 4.91 Å². The predicted molar refractivity (Wildman–Crippen MR) is 115 cm³/mol. The van der Waals surface area contributed by atoms with Crippen molar-refractivity contribution in [2.24, 2.45) is 0 Å². The summed E-state index contributed by atoms with van der Waals surface area (Å²) in [5, 5.41) is 0.598. The molecule has 8 heteroatoms. The highest BCUT2D eigenvalue weighted by molar-refractivity contribution is 8.26. The minimum Gasteiger partial charge on any atom is -0.340 e. The minimum atomic E-state index is -0.114. The molecule has 0 atom stereocenters. The number of benzene rings is 1. The minimum absolute atomic E-state index is 0.114. The molecular formula is C19H22ClN3O2S2. The van der Waals surface area contributed by atoms with Crippen LogP contribution >= 0.6 is 35.6 Å². The van der Waals surface area contributed by atoms with E-state index in [1.165, 1.54) is 11.8 Å². The van der Waals surface area contributed by atoms with Crippen molar-refractivity contribution in [2.75, 3.05) is 39.8 Å². The number of carbonyl (C=O) groups is 2. The van der Waals surface area contributed by atoms with Crippen LogP contribution in [-0.4, -0.2) is 70.6 Å². The van der Waals surface area contributed by atoms with Crippen molar-refractivity contribution in [2.45, 2.75) is 12.8 Å². The smallest absolute Gasteiger partial charge is 0.266 e. The molecule has 0 N–H and O–H groups in total. The van der Waals surface area contributed by atoms with Crippen molar-refractivity contribution in [3.8, 4) is 0 Å². The van der Waals surface area contributed by atoms with E-state index in [0.717, 1.165) is 31.7 Å². The van der Waals surface area contributed by atoms with E-state index in [9.17, 15) is 9.59 Å². The molecule has 2 saturated heterocycles. The number of likely N-dealkylation sites (N-methyl/N-ethyl adjacent to an activating group) is 1. The third-order valence-electron chi connectivity index (χ3n) is 4.69. The Morgan fingerprint density at radius 3 is 2.67 bits per heavy atom. The van der Waals surface area contributed by atoms with Crippen LogP contribution < -0.4 is 0 Å². The van der Waals surface area contributed by atoms with Crippen molar-refractivity contribution < 1.29 is 9.59 Å². The van der Waals surface area contributed by atoms with Gasteiger partial charge in [-0.15, -0.1) is 0 Å². The van der Waals surface area contributed by atoms with Gasteiger partial charge in [0.1, 0.15) is 4.32 Å². The third kappa shape index (κ3) is 5.10. The number of hydrogen-bond acceptors (Lipinski definition) is 5. The summed E-state index contributed by atoms with van der Waals surface area (Å²) < 4.78 is 0.533. The fourth-order valence-corrected chi connectivity index (χ4v) is 4.52. The molecule has 3 rings (SSSR count). The lowest BCUT2D eigenvalue weighted by molar-refractivity contribution is -0.133. The molecule has 5 nitrogen and oxygen atoms in total. The van der Waals surface area contributed by atoms with Crippen LogP contribution in [0.25, 0.3) is 6.08 Å². The molecule has 2 aliphatic rings. The highest BCUT2D eigenvalue weighted by atomic mass is 35.5. The Morgan fingerprint density at radius 1 is 1.26 bits per heavy atom. The number of halogens is 1. The number of thioether (sulfide) groups is 1. The first-order chi connectivity index (χ1) is 13.0. The van der Waals surface area contributed by atoms with E-state index in [-0.39, 0.29) is 11.8 Å². The molecule has 2 heterocycles. The zero-order chi connectivity index (χ0) is 19.4. The Balaban J connectivity index is 1.53. The Morgan fingerprint density at radius 2 is 1.96 bits per heavy atom. The molecule has 0 spiro atoms. The molecule has 1 aromatic rings. The first kappa shape index (κ1) is 20.3. The van der Waals surface area contributed by atoms with Crippen molar-refractivity contribution in [3.05, 3.63) is 39.8 Å². The highest BCUT2D eigenvalue weighted by Crippen LogP contribution is 2.33. The Labute approximate surface area is 174 Å². The van der Waals surface area contributed by atoms with Crippen LogP contribution in [0.1, 0.15) is 18.4 Å². The van der Waals surface area contributed by atoms with E-state index < -0.39 is 0 Å². The van der Waals surface area contributed by atoms with E-state index in [4.69, 9.17) is 23.8 Å². The van der Waals surface area contributed by atoms with E-state index >= 15 is 0 Å². The fraction of sp³-hybridized carbons (Fsp3) is 0.421. The number of amides is 2. The molecule has 27 heavy (non-hydrogen) atoms. The zero-order valence-corrected chi connectivity index (χ0v) is 17.6. The Kier molecular flexibility index (Phi) is 6.92. The van der Waals surface area contributed by atoms with Gasteiger partial charge in [-0.1, -0.05) is 53.8 Å². The molecule has 144 valence electrons. The van der Waals surface area contributed by atoms with Gasteiger partial charge in [0.2, 0.25) is 5.91 Å². The zero-order valence-electron chi connectivity index (χ0n) is 15.2. The number of piperazine rings is 1. The number of thiocarbonyl (C=S) groups is 1. The van der Waals surface area contributed by atoms with Gasteiger partial charge in [0, 0.05) is 44.2 Å². The van der Waals surface area contributed by atoms with Crippen LogP contribution in [0.15, 0.2) is 29.2 Å². The second kappa shape index (κ2) is 9.19. The van der Waals surface area contributed by atoms with Crippen LogP contribution in [0.3, 0.4) is 0 Å². The molecule has 0 aliphatic carbocycles. The summed E-state index contributed by atoms with van der Waals surface area (Å²) in [7, 11) is 2.06. The van der Waals surface area contributed by atoms with E-state index in [1.807, 2.05) is 23.1 Å². The number of nitrogens with zero attached hydrogens (tertiary/aromatic N) is 3. The van der Waals surface area contributed by atoms with Gasteiger partial charge in [0.25, 0.3) is 5.91 Å². The van der Waals surface area contributed by atoms with Gasteiger partial charge in [-0.25, -0.2) is 0 Å². The lowest BCUT2D eigenvalue weighted by atomic mass is 10.2. The molecule has 0 aromatic heterocycles. The third-order valence-corrected chi connectivity index (χ3v) is 6.42. The number of hydrogen-bond donors (Lipinski definition) is 0. The molecule has 0 saturated carbocycles. The molecule has 2 aliphatic heterocycles. The van der Waals surface area contributed by atoms with Gasteiger partial charge in [0.15, 0.2) is 0 Å². The fourth-order valence-electron chi connectivity index (χ4n) is 3.03. The van der Waals surface area contributed by atoms with Crippen LogP contribution in [0, 0.1) is 0 Å². The molecule has 0 unspecified atom stereocenters. The first-order valence-electron chi connectivity index (χ1n) is 8.92. The standard InChI is InChI=1S/C19H22ClN3O2S2/c1-21-9-11-22(12-10-21)17(24)7-4-8-23-18(25)16(27-19(23)26)13-14-5-2-3-6-15(14)20/h2-3,5-6,13H,4,7-12H2,1H3/b16-13-. The summed E-state index contributed by atoms with van der Waals surface area (Å²) in [6, 6.07) is 7.38. The summed E-state index contributed by atoms with van der Waals surface area (Å²) in [6.07, 6.45) is 2.82. The molecule has 0 radical (unpaired) electrons. The lowest BCUT2D eigenvalue weighted by Crippen LogP contribution is -2.47.